The molecule has 2 saturated heterocycles. The maximum atomic E-state index is 14.8. The van der Waals surface area contributed by atoms with E-state index in [1.54, 1.807) is 60.4 Å². The van der Waals surface area contributed by atoms with Gasteiger partial charge in [-0.25, -0.2) is 9.18 Å². The van der Waals surface area contributed by atoms with Crippen molar-refractivity contribution in [1.82, 2.24) is 9.47 Å². The lowest BCUT2D eigenvalue weighted by Crippen LogP contribution is -2.74. The van der Waals surface area contributed by atoms with Gasteiger partial charge >= 0.3 is 5.97 Å². The molecule has 42 heavy (non-hydrogen) atoms. The summed E-state index contributed by atoms with van der Waals surface area (Å²) in [4.78, 5) is 43.5. The van der Waals surface area contributed by atoms with Crippen molar-refractivity contribution in [2.45, 2.75) is 19.0 Å². The largest absolute Gasteiger partial charge is 0.462 e. The molecule has 2 aliphatic rings. The van der Waals surface area contributed by atoms with Crippen molar-refractivity contribution in [1.29, 1.82) is 5.41 Å². The number of anilines is 2. The quantitative estimate of drug-likeness (QED) is 0.301. The lowest BCUT2D eigenvalue weighted by molar-refractivity contribution is -0.139. The second-order valence-electron chi connectivity index (χ2n) is 9.98. The molecule has 0 spiro atoms. The molecule has 2 unspecified atom stereocenters. The van der Waals surface area contributed by atoms with Crippen molar-refractivity contribution in [2.75, 3.05) is 49.7 Å². The van der Waals surface area contributed by atoms with E-state index in [9.17, 15) is 18.8 Å². The maximum Gasteiger partial charge on any atom is 0.352 e. The summed E-state index contributed by atoms with van der Waals surface area (Å²) in [6, 6.07) is 16.1. The van der Waals surface area contributed by atoms with Crippen LogP contribution in [0.4, 0.5) is 15.8 Å². The lowest BCUT2D eigenvalue weighted by atomic mass is 9.78. The van der Waals surface area contributed by atoms with Gasteiger partial charge in [-0.3, -0.25) is 24.5 Å². The molecule has 2 fully saturated rings. The molecule has 5 rings (SSSR count). The van der Waals surface area contributed by atoms with Gasteiger partial charge in [-0.15, -0.1) is 0 Å². The van der Waals surface area contributed by atoms with Gasteiger partial charge in [0.05, 0.1) is 25.7 Å². The fourth-order valence-electron chi connectivity index (χ4n) is 5.62. The van der Waals surface area contributed by atoms with Crippen LogP contribution in [-0.4, -0.2) is 72.2 Å². The van der Waals surface area contributed by atoms with Crippen LogP contribution in [0.5, 0.6) is 0 Å². The summed E-state index contributed by atoms with van der Waals surface area (Å²) in [6.07, 6.45) is 1.75. The number of piperidine rings is 1. The molecule has 0 radical (unpaired) electrons. The molecule has 0 aliphatic carbocycles. The van der Waals surface area contributed by atoms with Gasteiger partial charge in [0.1, 0.15) is 5.71 Å². The summed E-state index contributed by atoms with van der Waals surface area (Å²) >= 11 is 6.30. The van der Waals surface area contributed by atoms with Crippen LogP contribution in [0.1, 0.15) is 13.3 Å². The smallest absolute Gasteiger partial charge is 0.352 e. The van der Waals surface area contributed by atoms with Crippen molar-refractivity contribution in [3.63, 3.8) is 0 Å². The van der Waals surface area contributed by atoms with Gasteiger partial charge in [0.15, 0.2) is 11.5 Å². The highest BCUT2D eigenvalue weighted by Crippen LogP contribution is 2.39. The molecule has 2 aromatic carbocycles. The van der Waals surface area contributed by atoms with Crippen molar-refractivity contribution in [2.24, 2.45) is 5.92 Å². The number of benzene rings is 2. The standard InChI is InChI=1S/C30H31ClFN5O5/c1-2-42-28(39)26(33)24-12-14-37(23-10-8-22(9-11-23)36-13-4-7-25(32)27(36)38)29(40)30(24,35-15-17-41-18-16-35)34-21-6-3-5-20(31)19-21/h3-11,13,19,24,33-34H,2,12,14-18H2,1H3. The van der Waals surface area contributed by atoms with Crippen LogP contribution in [-0.2, 0) is 19.1 Å². The molecule has 1 amide bonds. The second-order valence-corrected chi connectivity index (χ2v) is 10.4. The Morgan fingerprint density at radius 2 is 1.81 bits per heavy atom. The van der Waals surface area contributed by atoms with Crippen LogP contribution in [0.2, 0.25) is 5.02 Å². The zero-order valence-electron chi connectivity index (χ0n) is 23.0. The zero-order chi connectivity index (χ0) is 29.9. The summed E-state index contributed by atoms with van der Waals surface area (Å²) in [5.41, 5.74) is -1.10. The van der Waals surface area contributed by atoms with E-state index in [1.807, 2.05) is 4.90 Å². The molecule has 12 heteroatoms. The lowest BCUT2D eigenvalue weighted by Gasteiger charge is -2.53. The van der Waals surface area contributed by atoms with E-state index in [2.05, 4.69) is 5.32 Å². The number of morpholine rings is 1. The fourth-order valence-corrected chi connectivity index (χ4v) is 5.81. The first-order valence-corrected chi connectivity index (χ1v) is 14.1. The summed E-state index contributed by atoms with van der Waals surface area (Å²) in [6.45, 7) is 3.46. The molecule has 0 bridgehead atoms. The Kier molecular flexibility index (Phi) is 8.72. The van der Waals surface area contributed by atoms with Gasteiger partial charge in [-0.1, -0.05) is 17.7 Å². The van der Waals surface area contributed by atoms with E-state index in [-0.39, 0.29) is 31.2 Å². The number of rotatable bonds is 8. The van der Waals surface area contributed by atoms with Crippen molar-refractivity contribution in [3.8, 4) is 5.69 Å². The van der Waals surface area contributed by atoms with Crippen molar-refractivity contribution in [3.05, 3.63) is 88.1 Å². The number of halogens is 2. The van der Waals surface area contributed by atoms with Crippen molar-refractivity contribution >= 4 is 40.6 Å². The molecule has 3 heterocycles. The molecule has 2 atom stereocenters. The van der Waals surface area contributed by atoms with Gasteiger partial charge < -0.3 is 19.7 Å². The van der Waals surface area contributed by atoms with Crippen LogP contribution >= 0.6 is 11.6 Å². The molecule has 1 aromatic heterocycles. The number of hydrogen-bond acceptors (Lipinski definition) is 8. The third-order valence-electron chi connectivity index (χ3n) is 7.57. The number of carbonyl (C=O) groups is 2. The number of nitrogens with zero attached hydrogens (tertiary/aromatic N) is 3. The molecule has 220 valence electrons. The van der Waals surface area contributed by atoms with Crippen LogP contribution in [0.3, 0.4) is 0 Å². The van der Waals surface area contributed by atoms with Gasteiger partial charge in [0, 0.05) is 47.9 Å². The third kappa shape index (κ3) is 5.55. The van der Waals surface area contributed by atoms with E-state index in [4.69, 9.17) is 26.5 Å². The number of carbonyl (C=O) groups excluding carboxylic acids is 2. The Morgan fingerprint density at radius 3 is 2.50 bits per heavy atom. The van der Waals surface area contributed by atoms with E-state index in [0.29, 0.717) is 48.4 Å². The number of ether oxygens (including phenoxy) is 2. The van der Waals surface area contributed by atoms with Crippen LogP contribution in [0.25, 0.3) is 5.69 Å². The average molecular weight is 596 g/mol. The molecular weight excluding hydrogens is 565 g/mol. The number of hydrogen-bond donors (Lipinski definition) is 2. The number of aromatic nitrogens is 1. The Labute approximate surface area is 247 Å². The SMILES string of the molecule is CCOC(=O)C(=N)C1CCN(c2ccc(-n3cccc(F)c3=O)cc2)C(=O)C1(Nc1cccc(Cl)c1)N1CCOCC1. The average Bonchev–Trinajstić information content (AvgIpc) is 3.00. The van der Waals surface area contributed by atoms with Gasteiger partial charge in [0.25, 0.3) is 11.5 Å². The zero-order valence-corrected chi connectivity index (χ0v) is 23.8. The number of esters is 1. The molecule has 0 saturated carbocycles. The summed E-state index contributed by atoms with van der Waals surface area (Å²) in [5.74, 6) is -2.88. The third-order valence-corrected chi connectivity index (χ3v) is 7.81. The van der Waals surface area contributed by atoms with Gasteiger partial charge in [-0.2, -0.15) is 0 Å². The first-order chi connectivity index (χ1) is 20.3. The Hall–Kier alpha value is -4.06. The highest BCUT2D eigenvalue weighted by Gasteiger charge is 2.58. The Morgan fingerprint density at radius 1 is 1.10 bits per heavy atom. The van der Waals surface area contributed by atoms with E-state index < -0.39 is 28.9 Å². The Bertz CT molecular complexity index is 1540. The predicted octanol–water partition coefficient (Wildman–Crippen LogP) is 3.71. The van der Waals surface area contributed by atoms with Crippen LogP contribution < -0.4 is 15.8 Å². The van der Waals surface area contributed by atoms with Gasteiger partial charge in [-0.05, 0) is 67.9 Å². The fraction of sp³-hybridized carbons (Fsp3) is 0.333. The topological polar surface area (TPSA) is 117 Å². The minimum Gasteiger partial charge on any atom is -0.462 e. The minimum absolute atomic E-state index is 0.0982. The summed E-state index contributed by atoms with van der Waals surface area (Å²) in [5, 5.41) is 12.7. The van der Waals surface area contributed by atoms with Crippen LogP contribution in [0, 0.1) is 17.1 Å². The van der Waals surface area contributed by atoms with Gasteiger partial charge in [0.2, 0.25) is 0 Å². The predicted molar refractivity (Wildman–Crippen MR) is 157 cm³/mol. The van der Waals surface area contributed by atoms with E-state index >= 15 is 0 Å². The van der Waals surface area contributed by atoms with E-state index in [0.717, 1.165) is 6.07 Å². The molecule has 2 N–H and O–H groups in total. The number of amides is 1. The second kappa shape index (κ2) is 12.4. The van der Waals surface area contributed by atoms with Crippen LogP contribution in [0.15, 0.2) is 71.7 Å². The summed E-state index contributed by atoms with van der Waals surface area (Å²) in [7, 11) is 0. The number of pyridine rings is 1. The first-order valence-electron chi connectivity index (χ1n) is 13.7. The molecule has 3 aromatic rings. The Balaban J connectivity index is 1.59. The molecule has 2 aliphatic heterocycles. The highest BCUT2D eigenvalue weighted by molar-refractivity contribution is 6.37. The monoisotopic (exact) mass is 595 g/mol. The maximum absolute atomic E-state index is 14.8. The normalized spacial score (nSPS) is 21.2. The minimum atomic E-state index is -1.55. The van der Waals surface area contributed by atoms with E-state index in [1.165, 1.54) is 16.8 Å². The molecular formula is C30H31ClFN5O5. The van der Waals surface area contributed by atoms with Crippen molar-refractivity contribution < 1.29 is 23.5 Å². The molecule has 10 nitrogen and oxygen atoms in total. The highest BCUT2D eigenvalue weighted by atomic mass is 35.5. The number of nitrogens with one attached hydrogen (secondary N) is 2. The summed E-state index contributed by atoms with van der Waals surface area (Å²) < 4.78 is 25.9. The first kappa shape index (κ1) is 29.4.